The fourth-order valence-corrected chi connectivity index (χ4v) is 3.56. The number of aryl methyl sites for hydroxylation is 1. The number of carbonyl (C=O) groups excluding carboxylic acids is 2. The first-order valence-corrected chi connectivity index (χ1v) is 11.3. The van der Waals surface area contributed by atoms with E-state index in [0.29, 0.717) is 29.5 Å². The molecule has 2 rings (SSSR count). The van der Waals surface area contributed by atoms with Crippen LogP contribution in [-0.2, 0) is 22.6 Å². The molecule has 2 amide bonds. The highest BCUT2D eigenvalue weighted by Crippen LogP contribution is 2.28. The van der Waals surface area contributed by atoms with Gasteiger partial charge in [-0.3, -0.25) is 9.59 Å². The molecule has 0 heterocycles. The summed E-state index contributed by atoms with van der Waals surface area (Å²) in [6.07, 6.45) is 2.66. The van der Waals surface area contributed by atoms with E-state index in [1.54, 1.807) is 32.1 Å². The fraction of sp³-hybridized carbons (Fsp3) is 0.440. The Morgan fingerprint density at radius 3 is 2.47 bits per heavy atom. The zero-order valence-electron chi connectivity index (χ0n) is 19.3. The van der Waals surface area contributed by atoms with Crippen molar-refractivity contribution in [1.82, 2.24) is 10.2 Å². The molecule has 0 aliphatic carbocycles. The quantitative estimate of drug-likeness (QED) is 0.469. The van der Waals surface area contributed by atoms with Crippen LogP contribution in [0.15, 0.2) is 42.5 Å². The molecular weight excluding hydrogens is 428 g/mol. The lowest BCUT2D eigenvalue weighted by molar-refractivity contribution is -0.140. The molecule has 1 atom stereocenters. The molecular formula is C25H33ClN2O4. The van der Waals surface area contributed by atoms with E-state index in [9.17, 15) is 9.59 Å². The molecule has 0 radical (unpaired) electrons. The molecule has 2 aromatic carbocycles. The van der Waals surface area contributed by atoms with E-state index in [0.717, 1.165) is 24.0 Å². The zero-order chi connectivity index (χ0) is 23.5. The standard InChI is InChI=1S/C25H33ClN2O4/c1-5-6-15-27-25(30)18(2)28(17-20-9-7-8-10-21(20)26)24(29)14-12-19-11-13-22(31-3)23(16-19)32-4/h7-11,13,16,18H,5-6,12,14-15,17H2,1-4H3,(H,27,30)/t18-/m0/s1. The summed E-state index contributed by atoms with van der Waals surface area (Å²) in [5.74, 6) is 0.983. The number of benzene rings is 2. The van der Waals surface area contributed by atoms with Crippen molar-refractivity contribution in [3.63, 3.8) is 0 Å². The van der Waals surface area contributed by atoms with Crippen LogP contribution in [0.1, 0.15) is 44.2 Å². The third kappa shape index (κ3) is 7.16. The van der Waals surface area contributed by atoms with Gasteiger partial charge in [-0.25, -0.2) is 0 Å². The Kier molecular flexibility index (Phi) is 10.3. The van der Waals surface area contributed by atoms with Crippen LogP contribution < -0.4 is 14.8 Å². The summed E-state index contributed by atoms with van der Waals surface area (Å²) in [5.41, 5.74) is 1.76. The van der Waals surface area contributed by atoms with E-state index in [-0.39, 0.29) is 24.8 Å². The molecule has 0 bridgehead atoms. The van der Waals surface area contributed by atoms with Crippen molar-refractivity contribution >= 4 is 23.4 Å². The van der Waals surface area contributed by atoms with Gasteiger partial charge in [0.05, 0.1) is 14.2 Å². The Hall–Kier alpha value is -2.73. The van der Waals surface area contributed by atoms with Crippen LogP contribution in [0.2, 0.25) is 5.02 Å². The summed E-state index contributed by atoms with van der Waals surface area (Å²) < 4.78 is 10.6. The van der Waals surface area contributed by atoms with Gasteiger partial charge in [0.2, 0.25) is 11.8 Å². The number of rotatable bonds is 12. The summed E-state index contributed by atoms with van der Waals surface area (Å²) >= 11 is 6.33. The number of methoxy groups -OCH3 is 2. The Bertz CT molecular complexity index is 903. The summed E-state index contributed by atoms with van der Waals surface area (Å²) in [6.45, 7) is 4.69. The summed E-state index contributed by atoms with van der Waals surface area (Å²) in [4.78, 5) is 27.5. The lowest BCUT2D eigenvalue weighted by Crippen LogP contribution is -2.47. The van der Waals surface area contributed by atoms with Crippen LogP contribution >= 0.6 is 11.6 Å². The van der Waals surface area contributed by atoms with E-state index in [2.05, 4.69) is 12.2 Å². The van der Waals surface area contributed by atoms with Crippen molar-refractivity contribution in [2.75, 3.05) is 20.8 Å². The molecule has 0 spiro atoms. The van der Waals surface area contributed by atoms with Crippen LogP contribution in [0.3, 0.4) is 0 Å². The third-order valence-corrected chi connectivity index (χ3v) is 5.74. The van der Waals surface area contributed by atoms with E-state index >= 15 is 0 Å². The maximum Gasteiger partial charge on any atom is 0.242 e. The van der Waals surface area contributed by atoms with Gasteiger partial charge in [-0.2, -0.15) is 0 Å². The van der Waals surface area contributed by atoms with Gasteiger partial charge < -0.3 is 19.7 Å². The summed E-state index contributed by atoms with van der Waals surface area (Å²) in [6, 6.07) is 12.4. The van der Waals surface area contributed by atoms with Crippen molar-refractivity contribution < 1.29 is 19.1 Å². The topological polar surface area (TPSA) is 67.9 Å². The number of nitrogens with one attached hydrogen (secondary N) is 1. The second kappa shape index (κ2) is 13.0. The van der Waals surface area contributed by atoms with Gasteiger partial charge in [0.1, 0.15) is 6.04 Å². The SMILES string of the molecule is CCCCNC(=O)[C@H](C)N(Cc1ccccc1Cl)C(=O)CCc1ccc(OC)c(OC)c1. The Labute approximate surface area is 195 Å². The first kappa shape index (κ1) is 25.5. The smallest absolute Gasteiger partial charge is 0.242 e. The maximum absolute atomic E-state index is 13.2. The molecule has 1 N–H and O–H groups in total. The van der Waals surface area contributed by atoms with Gasteiger partial charge in [-0.05, 0) is 49.1 Å². The average Bonchev–Trinajstić information content (AvgIpc) is 2.81. The molecule has 2 aromatic rings. The highest BCUT2D eigenvalue weighted by molar-refractivity contribution is 6.31. The van der Waals surface area contributed by atoms with E-state index in [4.69, 9.17) is 21.1 Å². The second-order valence-electron chi connectivity index (χ2n) is 7.62. The largest absolute Gasteiger partial charge is 0.493 e. The van der Waals surface area contributed by atoms with Crippen LogP contribution in [0.4, 0.5) is 0 Å². The number of hydrogen-bond acceptors (Lipinski definition) is 4. The van der Waals surface area contributed by atoms with Gasteiger partial charge in [-0.1, -0.05) is 49.2 Å². The number of ether oxygens (including phenoxy) is 2. The molecule has 0 fully saturated rings. The molecule has 6 nitrogen and oxygen atoms in total. The number of nitrogens with zero attached hydrogens (tertiary/aromatic N) is 1. The first-order chi connectivity index (χ1) is 15.4. The van der Waals surface area contributed by atoms with Crippen molar-refractivity contribution in [2.24, 2.45) is 0 Å². The van der Waals surface area contributed by atoms with Crippen LogP contribution in [-0.4, -0.2) is 43.5 Å². The first-order valence-electron chi connectivity index (χ1n) is 10.9. The highest BCUT2D eigenvalue weighted by Gasteiger charge is 2.26. The molecule has 0 aliphatic heterocycles. The highest BCUT2D eigenvalue weighted by atomic mass is 35.5. The molecule has 7 heteroatoms. The average molecular weight is 461 g/mol. The Morgan fingerprint density at radius 1 is 1.09 bits per heavy atom. The Balaban J connectivity index is 2.15. The van der Waals surface area contributed by atoms with Crippen LogP contribution in [0.25, 0.3) is 0 Å². The van der Waals surface area contributed by atoms with E-state index in [1.165, 1.54) is 0 Å². The molecule has 0 saturated carbocycles. The van der Waals surface area contributed by atoms with Crippen molar-refractivity contribution in [1.29, 1.82) is 0 Å². The predicted molar refractivity (Wildman–Crippen MR) is 127 cm³/mol. The normalized spacial score (nSPS) is 11.5. The number of carbonyl (C=O) groups is 2. The van der Waals surface area contributed by atoms with Gasteiger partial charge in [0, 0.05) is 24.5 Å². The fourth-order valence-electron chi connectivity index (χ4n) is 3.36. The van der Waals surface area contributed by atoms with E-state index in [1.807, 2.05) is 36.4 Å². The molecule has 0 aliphatic rings. The number of halogens is 1. The van der Waals surface area contributed by atoms with Crippen molar-refractivity contribution in [2.45, 2.75) is 52.1 Å². The van der Waals surface area contributed by atoms with Gasteiger partial charge >= 0.3 is 0 Å². The van der Waals surface area contributed by atoms with Crippen molar-refractivity contribution in [3.8, 4) is 11.5 Å². The van der Waals surface area contributed by atoms with Gasteiger partial charge in [0.15, 0.2) is 11.5 Å². The third-order valence-electron chi connectivity index (χ3n) is 5.37. The summed E-state index contributed by atoms with van der Waals surface area (Å²) in [7, 11) is 3.16. The number of unbranched alkanes of at least 4 members (excludes halogenated alkanes) is 1. The molecule has 32 heavy (non-hydrogen) atoms. The van der Waals surface area contributed by atoms with Crippen LogP contribution in [0, 0.1) is 0 Å². The lowest BCUT2D eigenvalue weighted by Gasteiger charge is -2.29. The van der Waals surface area contributed by atoms with E-state index < -0.39 is 6.04 Å². The van der Waals surface area contributed by atoms with Crippen LogP contribution in [0.5, 0.6) is 11.5 Å². The molecule has 0 unspecified atom stereocenters. The van der Waals surface area contributed by atoms with Gasteiger partial charge in [-0.15, -0.1) is 0 Å². The monoisotopic (exact) mass is 460 g/mol. The lowest BCUT2D eigenvalue weighted by atomic mass is 10.1. The van der Waals surface area contributed by atoms with Gasteiger partial charge in [0.25, 0.3) is 0 Å². The van der Waals surface area contributed by atoms with Crippen molar-refractivity contribution in [3.05, 3.63) is 58.6 Å². The summed E-state index contributed by atoms with van der Waals surface area (Å²) in [5, 5.41) is 3.50. The minimum absolute atomic E-state index is 0.113. The number of hydrogen-bond donors (Lipinski definition) is 1. The molecule has 0 saturated heterocycles. The maximum atomic E-state index is 13.2. The molecule has 0 aromatic heterocycles. The zero-order valence-corrected chi connectivity index (χ0v) is 20.1. The predicted octanol–water partition coefficient (Wildman–Crippen LogP) is 4.62. The minimum atomic E-state index is -0.610. The minimum Gasteiger partial charge on any atom is -0.493 e. The number of amides is 2. The Morgan fingerprint density at radius 2 is 1.81 bits per heavy atom. The second-order valence-corrected chi connectivity index (χ2v) is 8.03. The molecule has 174 valence electrons.